The molecular weight excluding hydrogens is 218 g/mol. The first-order valence-corrected chi connectivity index (χ1v) is 6.24. The maximum absolute atomic E-state index is 6.05. The highest BCUT2D eigenvalue weighted by Gasteiger charge is 2.48. The lowest BCUT2D eigenvalue weighted by Crippen LogP contribution is -2.55. The van der Waals surface area contributed by atoms with Gasteiger partial charge in [-0.15, -0.1) is 0 Å². The molecule has 1 aliphatic carbocycles. The van der Waals surface area contributed by atoms with Crippen LogP contribution in [0.3, 0.4) is 0 Å². The number of methoxy groups -OCH3 is 1. The molecule has 2 N–H and O–H groups in total. The van der Waals surface area contributed by atoms with E-state index >= 15 is 0 Å². The second-order valence-electron chi connectivity index (χ2n) is 5.38. The van der Waals surface area contributed by atoms with E-state index in [-0.39, 0.29) is 11.5 Å². The summed E-state index contributed by atoms with van der Waals surface area (Å²) in [5.74, 6) is 0.654. The average molecular weight is 241 g/mol. The number of nitrogens with zero attached hydrogens (tertiary/aromatic N) is 2. The van der Waals surface area contributed by atoms with Gasteiger partial charge in [0.25, 0.3) is 0 Å². The van der Waals surface area contributed by atoms with E-state index in [0.29, 0.717) is 12.1 Å². The molecule has 5 heteroatoms. The number of guanidine groups is 1. The second-order valence-corrected chi connectivity index (χ2v) is 5.38. The smallest absolute Gasteiger partial charge is 0.191 e. The minimum absolute atomic E-state index is 0.0889. The van der Waals surface area contributed by atoms with Crippen LogP contribution in [-0.2, 0) is 9.47 Å². The average Bonchev–Trinajstić information content (AvgIpc) is 2.34. The molecule has 0 aromatic carbocycles. The monoisotopic (exact) mass is 241 g/mol. The van der Waals surface area contributed by atoms with Crippen LogP contribution in [0.2, 0.25) is 0 Å². The lowest BCUT2D eigenvalue weighted by Gasteiger charge is -2.49. The van der Waals surface area contributed by atoms with Crippen molar-refractivity contribution in [1.82, 2.24) is 4.90 Å². The van der Waals surface area contributed by atoms with Gasteiger partial charge >= 0.3 is 0 Å². The first-order valence-electron chi connectivity index (χ1n) is 6.24. The lowest BCUT2D eigenvalue weighted by atomic mass is 9.65. The van der Waals surface area contributed by atoms with Gasteiger partial charge in [0.05, 0.1) is 25.4 Å². The molecular formula is C12H23N3O2. The van der Waals surface area contributed by atoms with E-state index < -0.39 is 0 Å². The van der Waals surface area contributed by atoms with Gasteiger partial charge in [-0.2, -0.15) is 0 Å². The van der Waals surface area contributed by atoms with Crippen LogP contribution in [0.25, 0.3) is 0 Å². The van der Waals surface area contributed by atoms with Crippen LogP contribution in [0, 0.1) is 5.41 Å². The van der Waals surface area contributed by atoms with E-state index in [4.69, 9.17) is 15.2 Å². The first-order chi connectivity index (χ1) is 8.05. The summed E-state index contributed by atoms with van der Waals surface area (Å²) in [6.07, 6.45) is 1.27. The van der Waals surface area contributed by atoms with E-state index in [1.165, 1.54) is 0 Å². The molecule has 0 radical (unpaired) electrons. The fraction of sp³-hybridized carbons (Fsp3) is 0.917. The normalized spacial score (nSPS) is 33.4. The van der Waals surface area contributed by atoms with E-state index in [0.717, 1.165) is 32.7 Å². The fourth-order valence-corrected chi connectivity index (χ4v) is 2.52. The third-order valence-electron chi connectivity index (χ3n) is 4.03. The Morgan fingerprint density at radius 1 is 1.41 bits per heavy atom. The highest BCUT2D eigenvalue weighted by molar-refractivity contribution is 5.78. The molecule has 98 valence electrons. The van der Waals surface area contributed by atoms with Gasteiger partial charge in [0.1, 0.15) is 0 Å². The van der Waals surface area contributed by atoms with E-state index in [2.05, 4.69) is 23.7 Å². The number of nitrogens with two attached hydrogens (primary N) is 1. The van der Waals surface area contributed by atoms with Crippen LogP contribution >= 0.6 is 0 Å². The minimum Gasteiger partial charge on any atom is -0.381 e. The summed E-state index contributed by atoms with van der Waals surface area (Å²) < 4.78 is 10.7. The Morgan fingerprint density at radius 3 is 2.59 bits per heavy atom. The number of aliphatic imine (C=N–C) groups is 1. The lowest BCUT2D eigenvalue weighted by molar-refractivity contribution is -0.0854. The Hall–Kier alpha value is -0.810. The third-order valence-corrected chi connectivity index (χ3v) is 4.03. The molecule has 2 rings (SSSR count). The number of ether oxygens (including phenoxy) is 2. The molecule has 17 heavy (non-hydrogen) atoms. The molecule has 1 saturated heterocycles. The SMILES string of the molecule is COC1CC(N=C(N)N2CCOCC2)C1(C)C. The van der Waals surface area contributed by atoms with Gasteiger partial charge in [0, 0.05) is 25.6 Å². The molecule has 2 unspecified atom stereocenters. The molecule has 5 nitrogen and oxygen atoms in total. The molecule has 1 heterocycles. The zero-order valence-corrected chi connectivity index (χ0v) is 11.0. The van der Waals surface area contributed by atoms with E-state index in [9.17, 15) is 0 Å². The van der Waals surface area contributed by atoms with Crippen molar-refractivity contribution in [3.63, 3.8) is 0 Å². The van der Waals surface area contributed by atoms with Crippen molar-refractivity contribution in [2.45, 2.75) is 32.4 Å². The number of hydrogen-bond acceptors (Lipinski definition) is 3. The maximum Gasteiger partial charge on any atom is 0.191 e. The van der Waals surface area contributed by atoms with Gasteiger partial charge in [-0.25, -0.2) is 4.99 Å². The summed E-state index contributed by atoms with van der Waals surface area (Å²) >= 11 is 0. The van der Waals surface area contributed by atoms with Crippen molar-refractivity contribution >= 4 is 5.96 Å². The van der Waals surface area contributed by atoms with E-state index in [1.807, 2.05) is 0 Å². The van der Waals surface area contributed by atoms with Gasteiger partial charge < -0.3 is 20.1 Å². The number of rotatable bonds is 2. The molecule has 2 aliphatic rings. The number of morpholine rings is 1. The van der Waals surface area contributed by atoms with Gasteiger partial charge in [-0.3, -0.25) is 0 Å². The molecule has 0 spiro atoms. The Bertz CT molecular complexity index is 298. The topological polar surface area (TPSA) is 60.1 Å². The van der Waals surface area contributed by atoms with Crippen molar-refractivity contribution in [3.8, 4) is 0 Å². The van der Waals surface area contributed by atoms with Crippen LogP contribution in [0.5, 0.6) is 0 Å². The van der Waals surface area contributed by atoms with Gasteiger partial charge in [0.2, 0.25) is 0 Å². The van der Waals surface area contributed by atoms with Crippen molar-refractivity contribution < 1.29 is 9.47 Å². The summed E-state index contributed by atoms with van der Waals surface area (Å²) in [5, 5.41) is 0. The van der Waals surface area contributed by atoms with Crippen LogP contribution in [0.4, 0.5) is 0 Å². The summed E-state index contributed by atoms with van der Waals surface area (Å²) in [4.78, 5) is 6.74. The molecule has 0 bridgehead atoms. The van der Waals surface area contributed by atoms with E-state index in [1.54, 1.807) is 7.11 Å². The Morgan fingerprint density at radius 2 is 2.06 bits per heavy atom. The quantitative estimate of drug-likeness (QED) is 0.563. The fourth-order valence-electron chi connectivity index (χ4n) is 2.52. The minimum atomic E-state index is 0.0889. The second kappa shape index (κ2) is 4.82. The highest BCUT2D eigenvalue weighted by atomic mass is 16.5. The van der Waals surface area contributed by atoms with Gasteiger partial charge in [0.15, 0.2) is 5.96 Å². The molecule has 0 aromatic heterocycles. The zero-order valence-electron chi connectivity index (χ0n) is 11.0. The molecule has 1 saturated carbocycles. The van der Waals surface area contributed by atoms with Crippen molar-refractivity contribution in [2.24, 2.45) is 16.1 Å². The summed E-state index contributed by atoms with van der Waals surface area (Å²) in [6.45, 7) is 7.54. The zero-order chi connectivity index (χ0) is 12.5. The van der Waals surface area contributed by atoms with Crippen LogP contribution in [-0.4, -0.2) is 56.4 Å². The number of hydrogen-bond donors (Lipinski definition) is 1. The molecule has 0 aromatic rings. The maximum atomic E-state index is 6.05. The molecule has 2 atom stereocenters. The predicted octanol–water partition coefficient (Wildman–Crippen LogP) is 0.447. The largest absolute Gasteiger partial charge is 0.381 e. The third kappa shape index (κ3) is 2.40. The molecule has 2 fully saturated rings. The standard InChI is InChI=1S/C12H23N3O2/c1-12(2)9(8-10(12)16-3)14-11(13)15-4-6-17-7-5-15/h9-10H,4-8H2,1-3H3,(H2,13,14). The summed E-state index contributed by atoms with van der Waals surface area (Å²) in [7, 11) is 1.76. The Kier molecular flexibility index (Phi) is 3.58. The first kappa shape index (κ1) is 12.6. The Balaban J connectivity index is 1.95. The molecule has 1 aliphatic heterocycles. The highest BCUT2D eigenvalue weighted by Crippen LogP contribution is 2.44. The van der Waals surface area contributed by atoms with Crippen molar-refractivity contribution in [3.05, 3.63) is 0 Å². The van der Waals surface area contributed by atoms with Crippen molar-refractivity contribution in [2.75, 3.05) is 33.4 Å². The van der Waals surface area contributed by atoms with Crippen molar-refractivity contribution in [1.29, 1.82) is 0 Å². The summed E-state index contributed by atoms with van der Waals surface area (Å²) in [6, 6.07) is 0.273. The Labute approximate surface area is 103 Å². The van der Waals surface area contributed by atoms with Gasteiger partial charge in [-0.05, 0) is 6.42 Å². The predicted molar refractivity (Wildman–Crippen MR) is 67.0 cm³/mol. The van der Waals surface area contributed by atoms with Crippen LogP contribution < -0.4 is 5.73 Å². The molecule has 0 amide bonds. The summed E-state index contributed by atoms with van der Waals surface area (Å²) in [5.41, 5.74) is 6.14. The van der Waals surface area contributed by atoms with Crippen LogP contribution in [0.1, 0.15) is 20.3 Å². The van der Waals surface area contributed by atoms with Crippen LogP contribution in [0.15, 0.2) is 4.99 Å². The van der Waals surface area contributed by atoms with Gasteiger partial charge in [-0.1, -0.05) is 13.8 Å².